The standard InChI is InChI=1S/C21H16N4O3/c26-25(27)16-7-3-5-14(11-16)21-24-19(17-8-1-2-9-20(17)28-21)12-18(23-24)15-6-4-10-22-13-15/h1-11,13,19,21H,12H2. The van der Waals surface area contributed by atoms with Crippen LogP contribution < -0.4 is 4.74 Å². The molecule has 2 aliphatic rings. The Morgan fingerprint density at radius 2 is 2.00 bits per heavy atom. The second-order valence-electron chi connectivity index (χ2n) is 6.75. The van der Waals surface area contributed by atoms with Gasteiger partial charge in [0.05, 0.1) is 16.7 Å². The van der Waals surface area contributed by atoms with Crippen LogP contribution in [0.25, 0.3) is 0 Å². The minimum Gasteiger partial charge on any atom is -0.464 e. The molecule has 28 heavy (non-hydrogen) atoms. The smallest absolute Gasteiger partial charge is 0.269 e. The maximum atomic E-state index is 11.2. The van der Waals surface area contributed by atoms with Gasteiger partial charge >= 0.3 is 0 Å². The van der Waals surface area contributed by atoms with Gasteiger partial charge < -0.3 is 4.74 Å². The summed E-state index contributed by atoms with van der Waals surface area (Å²) in [7, 11) is 0. The van der Waals surface area contributed by atoms with Crippen LogP contribution in [0.5, 0.6) is 5.75 Å². The molecule has 0 saturated heterocycles. The summed E-state index contributed by atoms with van der Waals surface area (Å²) in [5.74, 6) is 0.780. The van der Waals surface area contributed by atoms with E-state index in [2.05, 4.69) is 4.98 Å². The predicted molar refractivity (Wildman–Crippen MR) is 103 cm³/mol. The maximum absolute atomic E-state index is 11.2. The van der Waals surface area contributed by atoms with Crippen LogP contribution >= 0.6 is 0 Å². The quantitative estimate of drug-likeness (QED) is 0.508. The molecule has 3 heterocycles. The Kier molecular flexibility index (Phi) is 3.79. The summed E-state index contributed by atoms with van der Waals surface area (Å²) >= 11 is 0. The van der Waals surface area contributed by atoms with Gasteiger partial charge in [-0.05, 0) is 12.1 Å². The zero-order chi connectivity index (χ0) is 19.1. The molecule has 7 heteroatoms. The Morgan fingerprint density at radius 3 is 2.82 bits per heavy atom. The summed E-state index contributed by atoms with van der Waals surface area (Å²) in [5.41, 5.74) is 3.69. The molecule has 1 aromatic heterocycles. The van der Waals surface area contributed by atoms with Crippen molar-refractivity contribution >= 4 is 11.4 Å². The topological polar surface area (TPSA) is 80.9 Å². The molecule has 0 fully saturated rings. The van der Waals surface area contributed by atoms with Crippen molar-refractivity contribution in [1.82, 2.24) is 9.99 Å². The third-order valence-corrected chi connectivity index (χ3v) is 5.06. The van der Waals surface area contributed by atoms with E-state index in [1.165, 1.54) is 6.07 Å². The van der Waals surface area contributed by atoms with Crippen molar-refractivity contribution in [3.05, 3.63) is 99.9 Å². The Hall–Kier alpha value is -3.74. The molecule has 2 unspecified atom stereocenters. The first-order chi connectivity index (χ1) is 13.7. The molecule has 0 amide bonds. The van der Waals surface area contributed by atoms with E-state index < -0.39 is 11.2 Å². The van der Waals surface area contributed by atoms with Crippen LogP contribution in [0.2, 0.25) is 0 Å². The summed E-state index contributed by atoms with van der Waals surface area (Å²) < 4.78 is 6.23. The number of nitro groups is 1. The second kappa shape index (κ2) is 6.45. The molecule has 7 nitrogen and oxygen atoms in total. The molecule has 2 aromatic carbocycles. The van der Waals surface area contributed by atoms with Gasteiger partial charge in [0.2, 0.25) is 6.23 Å². The molecule has 138 valence electrons. The van der Waals surface area contributed by atoms with Crippen molar-refractivity contribution in [3.8, 4) is 5.75 Å². The van der Waals surface area contributed by atoms with Gasteiger partial charge in [0.25, 0.3) is 5.69 Å². The highest BCUT2D eigenvalue weighted by Gasteiger charge is 2.41. The number of aromatic nitrogens is 1. The van der Waals surface area contributed by atoms with E-state index in [-0.39, 0.29) is 11.7 Å². The predicted octanol–water partition coefficient (Wildman–Crippen LogP) is 4.23. The van der Waals surface area contributed by atoms with E-state index in [1.807, 2.05) is 47.5 Å². The van der Waals surface area contributed by atoms with E-state index in [0.717, 1.165) is 29.0 Å². The van der Waals surface area contributed by atoms with Gasteiger partial charge in [0.1, 0.15) is 5.75 Å². The van der Waals surface area contributed by atoms with E-state index >= 15 is 0 Å². The number of fused-ring (bicyclic) bond motifs is 3. The van der Waals surface area contributed by atoms with Gasteiger partial charge in [-0.3, -0.25) is 15.1 Å². The number of hydrogen-bond donors (Lipinski definition) is 0. The summed E-state index contributed by atoms with van der Waals surface area (Å²) in [5, 5.41) is 17.9. The lowest BCUT2D eigenvalue weighted by Crippen LogP contribution is -2.33. The molecular formula is C21H16N4O3. The molecule has 5 rings (SSSR count). The summed E-state index contributed by atoms with van der Waals surface area (Å²) in [4.78, 5) is 15.0. The van der Waals surface area contributed by atoms with Crippen LogP contribution in [-0.4, -0.2) is 20.6 Å². The lowest BCUT2D eigenvalue weighted by Gasteiger charge is -2.38. The highest BCUT2D eigenvalue weighted by molar-refractivity contribution is 6.01. The number of pyridine rings is 1. The fourth-order valence-corrected chi connectivity index (χ4v) is 3.75. The molecule has 0 aliphatic carbocycles. The Bertz CT molecular complexity index is 1080. The first-order valence-electron chi connectivity index (χ1n) is 8.97. The third kappa shape index (κ3) is 2.68. The van der Waals surface area contributed by atoms with E-state index in [0.29, 0.717) is 5.56 Å². The number of nitrogens with zero attached hydrogens (tertiary/aromatic N) is 4. The highest BCUT2D eigenvalue weighted by atomic mass is 16.6. The SMILES string of the molecule is O=[N+]([O-])c1cccc(C2Oc3ccccc3C3CC(c4cccnc4)=NN32)c1. The van der Waals surface area contributed by atoms with Crippen LogP contribution in [0.4, 0.5) is 5.69 Å². The van der Waals surface area contributed by atoms with Gasteiger partial charge in [-0.25, -0.2) is 5.01 Å². The van der Waals surface area contributed by atoms with Gasteiger partial charge in [0, 0.05) is 47.6 Å². The van der Waals surface area contributed by atoms with E-state index in [4.69, 9.17) is 9.84 Å². The lowest BCUT2D eigenvalue weighted by atomic mass is 9.96. The van der Waals surface area contributed by atoms with Crippen molar-refractivity contribution in [1.29, 1.82) is 0 Å². The number of benzene rings is 2. The minimum absolute atomic E-state index is 0.00409. The molecule has 0 spiro atoms. The number of rotatable bonds is 3. The van der Waals surface area contributed by atoms with Crippen LogP contribution in [0, 0.1) is 10.1 Å². The van der Waals surface area contributed by atoms with Gasteiger partial charge in [-0.2, -0.15) is 5.10 Å². The van der Waals surface area contributed by atoms with Crippen LogP contribution in [0.3, 0.4) is 0 Å². The second-order valence-corrected chi connectivity index (χ2v) is 6.75. The van der Waals surface area contributed by atoms with Gasteiger partial charge in [-0.15, -0.1) is 0 Å². The maximum Gasteiger partial charge on any atom is 0.269 e. The molecule has 0 N–H and O–H groups in total. The summed E-state index contributed by atoms with van der Waals surface area (Å²) in [6, 6.07) is 18.3. The Balaban J connectivity index is 1.60. The van der Waals surface area contributed by atoms with Crippen molar-refractivity contribution in [2.24, 2.45) is 5.10 Å². The van der Waals surface area contributed by atoms with Crippen molar-refractivity contribution in [3.63, 3.8) is 0 Å². The fraction of sp³-hybridized carbons (Fsp3) is 0.143. The molecule has 0 bridgehead atoms. The number of ether oxygens (including phenoxy) is 1. The highest BCUT2D eigenvalue weighted by Crippen LogP contribution is 2.47. The molecule has 0 saturated carbocycles. The first-order valence-corrected chi connectivity index (χ1v) is 8.97. The number of hydrazone groups is 1. The summed E-state index contributed by atoms with van der Waals surface area (Å²) in [6.45, 7) is 0. The van der Waals surface area contributed by atoms with Gasteiger partial charge in [0.15, 0.2) is 0 Å². The van der Waals surface area contributed by atoms with Gasteiger partial charge in [-0.1, -0.05) is 36.4 Å². The molecule has 3 aromatic rings. The minimum atomic E-state index is -0.533. The Morgan fingerprint density at radius 1 is 1.11 bits per heavy atom. The molecule has 0 radical (unpaired) electrons. The van der Waals surface area contributed by atoms with Crippen LogP contribution in [0.1, 0.15) is 35.4 Å². The monoisotopic (exact) mass is 372 g/mol. The lowest BCUT2D eigenvalue weighted by molar-refractivity contribution is -0.385. The third-order valence-electron chi connectivity index (χ3n) is 5.06. The number of hydrogen-bond acceptors (Lipinski definition) is 6. The van der Waals surface area contributed by atoms with E-state index in [1.54, 1.807) is 24.5 Å². The zero-order valence-electron chi connectivity index (χ0n) is 14.8. The molecule has 2 aliphatic heterocycles. The number of para-hydroxylation sites is 1. The molecule has 2 atom stereocenters. The Labute approximate surface area is 161 Å². The fourth-order valence-electron chi connectivity index (χ4n) is 3.75. The van der Waals surface area contributed by atoms with Crippen LogP contribution in [-0.2, 0) is 0 Å². The number of nitro benzene ring substituents is 1. The normalized spacial score (nSPS) is 20.0. The average molecular weight is 372 g/mol. The largest absolute Gasteiger partial charge is 0.464 e. The average Bonchev–Trinajstić information content (AvgIpc) is 3.20. The van der Waals surface area contributed by atoms with Crippen molar-refractivity contribution in [2.75, 3.05) is 0 Å². The zero-order valence-corrected chi connectivity index (χ0v) is 14.8. The summed E-state index contributed by atoms with van der Waals surface area (Å²) in [6.07, 6.45) is 3.72. The van der Waals surface area contributed by atoms with Crippen molar-refractivity contribution in [2.45, 2.75) is 18.7 Å². The van der Waals surface area contributed by atoms with E-state index in [9.17, 15) is 10.1 Å². The number of non-ortho nitro benzene ring substituents is 1. The molecular weight excluding hydrogens is 356 g/mol. The van der Waals surface area contributed by atoms with Crippen LogP contribution in [0.15, 0.2) is 78.2 Å². The van der Waals surface area contributed by atoms with Crippen molar-refractivity contribution < 1.29 is 9.66 Å². The first kappa shape index (κ1) is 16.4.